The standard InChI is InChI=1S/C17H23NO4/c1-12-5-4-6-13(2)14(12)9-15(19)18-8-7-17(10-18,11-22-3)16(20)21/h4-6H,7-11H2,1-3H3,(H,20,21). The van der Waals surface area contributed by atoms with Crippen LogP contribution in [0, 0.1) is 19.3 Å². The number of hydrogen-bond donors (Lipinski definition) is 1. The van der Waals surface area contributed by atoms with Crippen LogP contribution in [0.3, 0.4) is 0 Å². The molecular weight excluding hydrogens is 282 g/mol. The van der Waals surface area contributed by atoms with Gasteiger partial charge in [0.2, 0.25) is 5.91 Å². The zero-order chi connectivity index (χ0) is 16.3. The topological polar surface area (TPSA) is 66.8 Å². The van der Waals surface area contributed by atoms with Gasteiger partial charge in [-0.2, -0.15) is 0 Å². The molecule has 0 aliphatic carbocycles. The Balaban J connectivity index is 2.10. The normalized spacial score (nSPS) is 21.1. The van der Waals surface area contributed by atoms with Gasteiger partial charge in [0.25, 0.3) is 0 Å². The van der Waals surface area contributed by atoms with E-state index in [-0.39, 0.29) is 19.1 Å². The predicted molar refractivity (Wildman–Crippen MR) is 82.8 cm³/mol. The summed E-state index contributed by atoms with van der Waals surface area (Å²) in [6.07, 6.45) is 0.760. The molecule has 5 nitrogen and oxygen atoms in total. The van der Waals surface area contributed by atoms with Crippen LogP contribution < -0.4 is 0 Å². The number of aryl methyl sites for hydroxylation is 2. The lowest BCUT2D eigenvalue weighted by molar-refractivity contribution is -0.151. The average molecular weight is 305 g/mol. The molecule has 1 saturated heterocycles. The molecule has 1 amide bonds. The number of hydrogen-bond acceptors (Lipinski definition) is 3. The van der Waals surface area contributed by atoms with E-state index in [0.29, 0.717) is 19.4 Å². The largest absolute Gasteiger partial charge is 0.481 e. The number of nitrogens with zero attached hydrogens (tertiary/aromatic N) is 1. The second kappa shape index (κ2) is 6.48. The highest BCUT2D eigenvalue weighted by atomic mass is 16.5. The summed E-state index contributed by atoms with van der Waals surface area (Å²) in [4.78, 5) is 25.7. The Morgan fingerprint density at radius 2 is 1.95 bits per heavy atom. The maximum Gasteiger partial charge on any atom is 0.313 e. The Bertz CT molecular complexity index is 564. The zero-order valence-corrected chi connectivity index (χ0v) is 13.4. The van der Waals surface area contributed by atoms with Gasteiger partial charge in [-0.15, -0.1) is 0 Å². The fraction of sp³-hybridized carbons (Fsp3) is 0.529. The Kier molecular flexibility index (Phi) is 4.86. The number of amides is 1. The van der Waals surface area contributed by atoms with E-state index in [4.69, 9.17) is 4.74 Å². The molecule has 22 heavy (non-hydrogen) atoms. The number of carboxylic acid groups (broad SMARTS) is 1. The number of carbonyl (C=O) groups excluding carboxylic acids is 1. The first-order valence-corrected chi connectivity index (χ1v) is 7.45. The minimum absolute atomic E-state index is 0.0170. The van der Waals surface area contributed by atoms with Crippen molar-refractivity contribution in [2.24, 2.45) is 5.41 Å². The number of methoxy groups -OCH3 is 1. The van der Waals surface area contributed by atoms with Crippen LogP contribution in [-0.4, -0.2) is 48.7 Å². The SMILES string of the molecule is COCC1(C(=O)O)CCN(C(=O)Cc2c(C)cccc2C)C1. The lowest BCUT2D eigenvalue weighted by Crippen LogP contribution is -2.40. The van der Waals surface area contributed by atoms with Gasteiger partial charge in [0, 0.05) is 20.2 Å². The van der Waals surface area contributed by atoms with Gasteiger partial charge >= 0.3 is 5.97 Å². The molecule has 1 N–H and O–H groups in total. The number of rotatable bonds is 5. The van der Waals surface area contributed by atoms with E-state index < -0.39 is 11.4 Å². The molecule has 0 radical (unpaired) electrons. The minimum atomic E-state index is -0.967. The van der Waals surface area contributed by atoms with Crippen molar-refractivity contribution in [1.29, 1.82) is 0 Å². The second-order valence-corrected chi connectivity index (χ2v) is 6.13. The Hall–Kier alpha value is -1.88. The summed E-state index contributed by atoms with van der Waals surface area (Å²) >= 11 is 0. The van der Waals surface area contributed by atoms with Crippen LogP contribution in [0.5, 0.6) is 0 Å². The summed E-state index contributed by atoms with van der Waals surface area (Å²) in [5.41, 5.74) is 2.25. The molecule has 1 aliphatic rings. The van der Waals surface area contributed by atoms with Gasteiger partial charge in [-0.25, -0.2) is 0 Å². The highest BCUT2D eigenvalue weighted by Gasteiger charge is 2.46. The molecule has 1 heterocycles. The van der Waals surface area contributed by atoms with Crippen molar-refractivity contribution in [2.75, 3.05) is 26.8 Å². The molecule has 1 fully saturated rings. The number of aliphatic carboxylic acids is 1. The number of carboxylic acids is 1. The van der Waals surface area contributed by atoms with Gasteiger partial charge in [0.15, 0.2) is 0 Å². The summed E-state index contributed by atoms with van der Waals surface area (Å²) in [5.74, 6) is -0.909. The van der Waals surface area contributed by atoms with Crippen LogP contribution in [0.2, 0.25) is 0 Å². The number of ether oxygens (including phenoxy) is 1. The molecule has 5 heteroatoms. The average Bonchev–Trinajstić information content (AvgIpc) is 2.89. The van der Waals surface area contributed by atoms with Crippen molar-refractivity contribution in [3.63, 3.8) is 0 Å². The number of carbonyl (C=O) groups is 2. The maximum atomic E-state index is 12.5. The molecule has 1 aliphatic heterocycles. The van der Waals surface area contributed by atoms with Gasteiger partial charge in [-0.05, 0) is 37.0 Å². The quantitative estimate of drug-likeness (QED) is 0.900. The van der Waals surface area contributed by atoms with Crippen LogP contribution in [0.4, 0.5) is 0 Å². The fourth-order valence-electron chi connectivity index (χ4n) is 3.11. The summed E-state index contributed by atoms with van der Waals surface area (Å²) < 4.78 is 5.06. The van der Waals surface area contributed by atoms with E-state index in [1.807, 2.05) is 32.0 Å². The summed E-state index contributed by atoms with van der Waals surface area (Å²) in [6.45, 7) is 4.81. The third-order valence-electron chi connectivity index (χ3n) is 4.55. The first-order chi connectivity index (χ1) is 10.4. The Labute approximate surface area is 130 Å². The summed E-state index contributed by atoms with van der Waals surface area (Å²) in [5, 5.41) is 9.45. The highest BCUT2D eigenvalue weighted by molar-refractivity contribution is 5.82. The third-order valence-corrected chi connectivity index (χ3v) is 4.55. The third kappa shape index (κ3) is 3.14. The smallest absolute Gasteiger partial charge is 0.313 e. The second-order valence-electron chi connectivity index (χ2n) is 6.13. The lowest BCUT2D eigenvalue weighted by atomic mass is 9.88. The molecule has 0 bridgehead atoms. The van der Waals surface area contributed by atoms with Crippen LogP contribution in [-0.2, 0) is 20.7 Å². The van der Waals surface area contributed by atoms with Crippen LogP contribution >= 0.6 is 0 Å². The van der Waals surface area contributed by atoms with Gasteiger partial charge in [0.1, 0.15) is 5.41 Å². The molecule has 0 saturated carbocycles. The minimum Gasteiger partial charge on any atom is -0.481 e. The lowest BCUT2D eigenvalue weighted by Gasteiger charge is -2.24. The molecule has 2 rings (SSSR count). The highest BCUT2D eigenvalue weighted by Crippen LogP contribution is 2.32. The van der Waals surface area contributed by atoms with Crippen LogP contribution in [0.1, 0.15) is 23.1 Å². The van der Waals surface area contributed by atoms with E-state index in [2.05, 4.69) is 0 Å². The summed E-state index contributed by atoms with van der Waals surface area (Å²) in [7, 11) is 1.49. The number of benzene rings is 1. The van der Waals surface area contributed by atoms with E-state index in [1.54, 1.807) is 4.90 Å². The van der Waals surface area contributed by atoms with Crippen LogP contribution in [0.15, 0.2) is 18.2 Å². The van der Waals surface area contributed by atoms with Gasteiger partial charge in [-0.3, -0.25) is 9.59 Å². The maximum absolute atomic E-state index is 12.5. The molecule has 1 aromatic rings. The summed E-state index contributed by atoms with van der Waals surface area (Å²) in [6, 6.07) is 5.96. The molecule has 120 valence electrons. The fourth-order valence-corrected chi connectivity index (χ4v) is 3.11. The molecule has 1 atom stereocenters. The number of likely N-dealkylation sites (tertiary alicyclic amines) is 1. The predicted octanol–water partition coefficient (Wildman–Crippen LogP) is 1.80. The van der Waals surface area contributed by atoms with Crippen molar-refractivity contribution >= 4 is 11.9 Å². The van der Waals surface area contributed by atoms with Gasteiger partial charge in [-0.1, -0.05) is 18.2 Å². The van der Waals surface area contributed by atoms with Crippen molar-refractivity contribution in [3.8, 4) is 0 Å². The van der Waals surface area contributed by atoms with E-state index in [0.717, 1.165) is 16.7 Å². The first kappa shape index (κ1) is 16.5. The molecular formula is C17H23NO4. The van der Waals surface area contributed by atoms with Crippen molar-refractivity contribution < 1.29 is 19.4 Å². The molecule has 1 unspecified atom stereocenters. The molecule has 1 aromatic carbocycles. The van der Waals surface area contributed by atoms with Crippen molar-refractivity contribution in [2.45, 2.75) is 26.7 Å². The van der Waals surface area contributed by atoms with Gasteiger partial charge < -0.3 is 14.7 Å². The molecule has 0 aromatic heterocycles. The van der Waals surface area contributed by atoms with E-state index in [1.165, 1.54) is 7.11 Å². The Morgan fingerprint density at radius 1 is 1.32 bits per heavy atom. The van der Waals surface area contributed by atoms with Crippen molar-refractivity contribution in [3.05, 3.63) is 34.9 Å². The Morgan fingerprint density at radius 3 is 2.50 bits per heavy atom. The van der Waals surface area contributed by atoms with E-state index >= 15 is 0 Å². The van der Waals surface area contributed by atoms with E-state index in [9.17, 15) is 14.7 Å². The monoisotopic (exact) mass is 305 g/mol. The van der Waals surface area contributed by atoms with Crippen LogP contribution in [0.25, 0.3) is 0 Å². The first-order valence-electron chi connectivity index (χ1n) is 7.45. The van der Waals surface area contributed by atoms with Crippen molar-refractivity contribution in [1.82, 2.24) is 4.90 Å². The molecule has 0 spiro atoms. The zero-order valence-electron chi connectivity index (χ0n) is 13.4. The van der Waals surface area contributed by atoms with Gasteiger partial charge in [0.05, 0.1) is 13.0 Å².